The smallest absolute Gasteiger partial charge is 0.338 e. The third-order valence-corrected chi connectivity index (χ3v) is 11.3. The average molecular weight is 425 g/mol. The number of hydrogen-bond donors (Lipinski definition) is 1. The molecule has 28 heavy (non-hydrogen) atoms. The van der Waals surface area contributed by atoms with Gasteiger partial charge in [-0.1, -0.05) is 45.7 Å². The lowest BCUT2D eigenvalue weighted by molar-refractivity contribution is -0.131. The van der Waals surface area contributed by atoms with Crippen LogP contribution in [0.3, 0.4) is 0 Å². The molecule has 1 unspecified atom stereocenters. The first-order valence-electron chi connectivity index (χ1n) is 9.90. The molecule has 1 aromatic carbocycles. The van der Waals surface area contributed by atoms with Gasteiger partial charge in [-0.15, -0.1) is 0 Å². The summed E-state index contributed by atoms with van der Waals surface area (Å²) in [6, 6.07) is 5.28. The van der Waals surface area contributed by atoms with Crippen molar-refractivity contribution in [3.63, 3.8) is 0 Å². The molecular formula is C21H36O5Si2. The molecule has 0 spiro atoms. The van der Waals surface area contributed by atoms with Gasteiger partial charge in [-0.3, -0.25) is 4.79 Å². The Kier molecular flexibility index (Phi) is 8.65. The van der Waals surface area contributed by atoms with Crippen LogP contribution in [-0.2, 0) is 9.53 Å². The summed E-state index contributed by atoms with van der Waals surface area (Å²) in [7, 11) is -3.13. The van der Waals surface area contributed by atoms with Crippen molar-refractivity contribution in [2.45, 2.75) is 71.1 Å². The Morgan fingerprint density at radius 1 is 1.11 bits per heavy atom. The molecule has 1 N–H and O–H groups in total. The van der Waals surface area contributed by atoms with Crippen LogP contribution >= 0.6 is 0 Å². The minimum atomic E-state index is -1.82. The van der Waals surface area contributed by atoms with Crippen molar-refractivity contribution < 1.29 is 24.2 Å². The number of carbonyl (C=O) groups is 2. The van der Waals surface area contributed by atoms with Crippen LogP contribution in [0, 0.1) is 6.92 Å². The van der Waals surface area contributed by atoms with Crippen LogP contribution in [0.25, 0.3) is 0 Å². The lowest BCUT2D eigenvalue weighted by atomic mass is 9.98. The van der Waals surface area contributed by atoms with Crippen molar-refractivity contribution in [1.82, 2.24) is 0 Å². The van der Waals surface area contributed by atoms with E-state index < -0.39 is 22.1 Å². The van der Waals surface area contributed by atoms with E-state index in [1.54, 1.807) is 13.0 Å². The molecule has 0 bridgehead atoms. The van der Waals surface area contributed by atoms with Crippen molar-refractivity contribution in [3.8, 4) is 5.75 Å². The number of esters is 2. The maximum Gasteiger partial charge on any atom is 0.338 e. The first-order chi connectivity index (χ1) is 12.8. The topological polar surface area (TPSA) is 72.8 Å². The summed E-state index contributed by atoms with van der Waals surface area (Å²) in [5, 5.41) is 9.46. The number of hydrogen-bond acceptors (Lipinski definition) is 5. The molecule has 1 rings (SSSR count). The lowest BCUT2D eigenvalue weighted by Gasteiger charge is -2.31. The highest BCUT2D eigenvalue weighted by atomic mass is 28.3. The van der Waals surface area contributed by atoms with Crippen LogP contribution in [0.4, 0.5) is 0 Å². The normalized spacial score (nSPS) is 13.2. The van der Waals surface area contributed by atoms with E-state index in [4.69, 9.17) is 9.47 Å². The Labute approximate surface area is 171 Å². The molecule has 0 aliphatic heterocycles. The molecule has 0 radical (unpaired) electrons. The number of rotatable bonds is 9. The van der Waals surface area contributed by atoms with E-state index in [9.17, 15) is 14.7 Å². The third-order valence-electron chi connectivity index (χ3n) is 5.39. The van der Waals surface area contributed by atoms with Crippen LogP contribution in [0.5, 0.6) is 5.75 Å². The number of aliphatic hydroxyl groups excluding tert-OH is 1. The molecular weight excluding hydrogens is 388 g/mol. The number of ether oxygens (including phenoxy) is 2. The van der Waals surface area contributed by atoms with Gasteiger partial charge in [0.05, 0.1) is 20.2 Å². The molecule has 0 aliphatic rings. The van der Waals surface area contributed by atoms with Crippen molar-refractivity contribution in [3.05, 3.63) is 28.8 Å². The van der Waals surface area contributed by atoms with E-state index in [-0.39, 0.29) is 18.1 Å². The molecule has 158 valence electrons. The summed E-state index contributed by atoms with van der Waals surface area (Å²) in [5.74, 6) is -0.389. The molecule has 0 aromatic heterocycles. The zero-order valence-electron chi connectivity index (χ0n) is 18.6. The van der Waals surface area contributed by atoms with Gasteiger partial charge in [-0.25, -0.2) is 4.79 Å². The summed E-state index contributed by atoms with van der Waals surface area (Å²) in [6.45, 7) is 16.9. The fraction of sp³-hybridized carbons (Fsp3) is 0.619. The van der Waals surface area contributed by atoms with E-state index in [1.165, 1.54) is 6.92 Å². The van der Waals surface area contributed by atoms with Crippen molar-refractivity contribution in [2.75, 3.05) is 13.2 Å². The third kappa shape index (κ3) is 6.86. The largest absolute Gasteiger partial charge is 0.462 e. The van der Waals surface area contributed by atoms with Crippen molar-refractivity contribution in [2.24, 2.45) is 0 Å². The van der Waals surface area contributed by atoms with E-state index in [0.717, 1.165) is 17.7 Å². The monoisotopic (exact) mass is 424 g/mol. The molecule has 7 heteroatoms. The molecule has 0 fully saturated rings. The first kappa shape index (κ1) is 24.6. The van der Waals surface area contributed by atoms with Gasteiger partial charge in [0.1, 0.15) is 5.75 Å². The Morgan fingerprint density at radius 2 is 1.71 bits per heavy atom. The molecule has 5 nitrogen and oxygen atoms in total. The zero-order chi connectivity index (χ0) is 21.7. The van der Waals surface area contributed by atoms with E-state index in [0.29, 0.717) is 23.5 Å². The zero-order valence-corrected chi connectivity index (χ0v) is 20.6. The predicted octanol–water partition coefficient (Wildman–Crippen LogP) is 4.76. The molecule has 0 saturated heterocycles. The molecule has 0 aliphatic carbocycles. The molecule has 1 atom stereocenters. The van der Waals surface area contributed by atoms with Gasteiger partial charge in [0, 0.05) is 27.2 Å². The molecule has 1 aromatic rings. The van der Waals surface area contributed by atoms with Crippen molar-refractivity contribution >= 4 is 28.1 Å². The SMILES string of the molecule is CC(=O)Oc1ccc(C(C)[Si](C)(C)CCO)c(C(=O)OCC[Si](C)(C)C)c1C. The van der Waals surface area contributed by atoms with E-state index >= 15 is 0 Å². The van der Waals surface area contributed by atoms with Crippen molar-refractivity contribution in [1.29, 1.82) is 0 Å². The summed E-state index contributed by atoms with van der Waals surface area (Å²) in [4.78, 5) is 24.5. The number of aliphatic hydroxyl groups is 1. The van der Waals surface area contributed by atoms with Gasteiger partial charge in [0.25, 0.3) is 0 Å². The van der Waals surface area contributed by atoms with Crippen LogP contribution in [0.2, 0.25) is 44.8 Å². The maximum absolute atomic E-state index is 13.0. The second-order valence-electron chi connectivity index (χ2n) is 9.38. The van der Waals surface area contributed by atoms with Crippen LogP contribution in [-0.4, -0.2) is 46.4 Å². The predicted molar refractivity (Wildman–Crippen MR) is 119 cm³/mol. The lowest BCUT2D eigenvalue weighted by Crippen LogP contribution is -2.35. The maximum atomic E-state index is 13.0. The van der Waals surface area contributed by atoms with Gasteiger partial charge >= 0.3 is 11.9 Å². The highest BCUT2D eigenvalue weighted by Gasteiger charge is 2.33. The Morgan fingerprint density at radius 3 is 2.21 bits per heavy atom. The van der Waals surface area contributed by atoms with Gasteiger partial charge < -0.3 is 14.6 Å². The van der Waals surface area contributed by atoms with Crippen LogP contribution in [0.1, 0.15) is 40.9 Å². The minimum Gasteiger partial charge on any atom is -0.462 e. The fourth-order valence-electron chi connectivity index (χ4n) is 3.06. The minimum absolute atomic E-state index is 0.143. The highest BCUT2D eigenvalue weighted by molar-refractivity contribution is 6.78. The Bertz CT molecular complexity index is 707. The van der Waals surface area contributed by atoms with E-state index in [1.807, 2.05) is 6.07 Å². The van der Waals surface area contributed by atoms with E-state index in [2.05, 4.69) is 39.7 Å². The first-order valence-corrected chi connectivity index (χ1v) is 16.9. The Hall–Kier alpha value is -1.45. The summed E-state index contributed by atoms with van der Waals surface area (Å²) in [5.41, 5.74) is 2.19. The fourth-order valence-corrected chi connectivity index (χ4v) is 5.86. The standard InChI is InChI=1S/C21H36O5Si2/c1-15-19(26-17(3)23)10-9-18(16(2)28(7,8)13-11-22)20(15)21(24)25-12-14-27(4,5)6/h9-10,16,22H,11-14H2,1-8H3. The Balaban J connectivity index is 3.33. The highest BCUT2D eigenvalue weighted by Crippen LogP contribution is 2.36. The number of benzene rings is 1. The number of carbonyl (C=O) groups excluding carboxylic acids is 2. The van der Waals surface area contributed by atoms with Gasteiger partial charge in [-0.2, -0.15) is 0 Å². The quantitative estimate of drug-likeness (QED) is 0.351. The second-order valence-corrected chi connectivity index (χ2v) is 20.3. The van der Waals surface area contributed by atoms with Crippen LogP contribution < -0.4 is 4.74 Å². The van der Waals surface area contributed by atoms with Gasteiger partial charge in [-0.05, 0) is 36.2 Å². The summed E-state index contributed by atoms with van der Waals surface area (Å²) in [6.07, 6.45) is 0. The van der Waals surface area contributed by atoms with Gasteiger partial charge in [0.15, 0.2) is 0 Å². The van der Waals surface area contributed by atoms with Gasteiger partial charge in [0.2, 0.25) is 0 Å². The molecule has 0 saturated carbocycles. The summed E-state index contributed by atoms with van der Waals surface area (Å²) >= 11 is 0. The average Bonchev–Trinajstić information content (AvgIpc) is 2.54. The molecule has 0 heterocycles. The second kappa shape index (κ2) is 9.85. The summed E-state index contributed by atoms with van der Waals surface area (Å²) < 4.78 is 10.9. The van der Waals surface area contributed by atoms with Crippen LogP contribution in [0.15, 0.2) is 12.1 Å². The molecule has 0 amide bonds.